The molecule has 1 fully saturated rings. The maximum Gasteiger partial charge on any atom is 0.321 e. The number of halogens is 2. The predicted octanol–water partition coefficient (Wildman–Crippen LogP) is 2.50. The second kappa shape index (κ2) is 7.31. The minimum Gasteiger partial charge on any atom is -0.480 e. The summed E-state index contributed by atoms with van der Waals surface area (Å²) in [6.07, 6.45) is 1.38. The van der Waals surface area contributed by atoms with E-state index >= 15 is 0 Å². The molecule has 22 heavy (non-hydrogen) atoms. The fraction of sp³-hybridized carbons (Fsp3) is 0.467. The van der Waals surface area contributed by atoms with E-state index in [2.05, 4.69) is 0 Å². The number of rotatable bonds is 4. The van der Waals surface area contributed by atoms with Gasteiger partial charge in [0.05, 0.1) is 16.5 Å². The van der Waals surface area contributed by atoms with Gasteiger partial charge in [-0.25, -0.2) is 0 Å². The highest BCUT2D eigenvalue weighted by Gasteiger charge is 2.27. The van der Waals surface area contributed by atoms with Crippen LogP contribution < -0.4 is 5.73 Å². The first-order valence-corrected chi connectivity index (χ1v) is 7.85. The third-order valence-corrected chi connectivity index (χ3v) is 4.81. The van der Waals surface area contributed by atoms with Gasteiger partial charge in [-0.15, -0.1) is 0 Å². The van der Waals surface area contributed by atoms with Crippen LogP contribution in [0, 0.1) is 0 Å². The molecule has 1 amide bonds. The third kappa shape index (κ3) is 3.91. The van der Waals surface area contributed by atoms with Crippen LogP contribution in [0.1, 0.15) is 30.7 Å². The number of likely N-dealkylation sites (tertiary alicyclic amines) is 1. The number of piperidine rings is 1. The summed E-state index contributed by atoms with van der Waals surface area (Å²) >= 11 is 12.3. The molecule has 7 heteroatoms. The van der Waals surface area contributed by atoms with E-state index in [0.717, 1.165) is 18.4 Å². The number of carboxylic acids is 1. The molecule has 0 aromatic heterocycles. The molecule has 0 unspecified atom stereocenters. The number of benzene rings is 1. The lowest BCUT2D eigenvalue weighted by Gasteiger charge is -2.33. The second-order valence-electron chi connectivity index (χ2n) is 5.45. The van der Waals surface area contributed by atoms with Crippen molar-refractivity contribution >= 4 is 35.1 Å². The largest absolute Gasteiger partial charge is 0.480 e. The Labute approximate surface area is 139 Å². The van der Waals surface area contributed by atoms with Gasteiger partial charge in [0.25, 0.3) is 0 Å². The monoisotopic (exact) mass is 344 g/mol. The van der Waals surface area contributed by atoms with Crippen LogP contribution in [-0.4, -0.2) is 41.0 Å². The highest BCUT2D eigenvalue weighted by Crippen LogP contribution is 2.36. The van der Waals surface area contributed by atoms with Crippen LogP contribution in [0.2, 0.25) is 10.0 Å². The molecule has 1 aromatic carbocycles. The Morgan fingerprint density at radius 2 is 1.95 bits per heavy atom. The summed E-state index contributed by atoms with van der Waals surface area (Å²) in [5.41, 5.74) is 6.40. The highest BCUT2D eigenvalue weighted by molar-refractivity contribution is 6.42. The lowest BCUT2D eigenvalue weighted by molar-refractivity contribution is -0.142. The number of carbonyl (C=O) groups is 2. The zero-order valence-corrected chi connectivity index (χ0v) is 13.5. The van der Waals surface area contributed by atoms with E-state index in [1.165, 1.54) is 0 Å². The molecule has 0 radical (unpaired) electrons. The molecule has 1 aliphatic rings. The van der Waals surface area contributed by atoms with E-state index in [4.69, 9.17) is 34.0 Å². The van der Waals surface area contributed by atoms with Crippen LogP contribution in [0.4, 0.5) is 0 Å². The summed E-state index contributed by atoms with van der Waals surface area (Å²) in [7, 11) is 0. The molecule has 120 valence electrons. The van der Waals surface area contributed by atoms with E-state index in [9.17, 15) is 9.59 Å². The van der Waals surface area contributed by atoms with Gasteiger partial charge in [-0.05, 0) is 30.4 Å². The average Bonchev–Trinajstić information content (AvgIpc) is 2.50. The Morgan fingerprint density at radius 1 is 1.32 bits per heavy atom. The first-order valence-electron chi connectivity index (χ1n) is 7.10. The van der Waals surface area contributed by atoms with Gasteiger partial charge in [0.15, 0.2) is 0 Å². The van der Waals surface area contributed by atoms with Crippen molar-refractivity contribution in [3.8, 4) is 0 Å². The van der Waals surface area contributed by atoms with Gasteiger partial charge in [-0.1, -0.05) is 35.3 Å². The summed E-state index contributed by atoms with van der Waals surface area (Å²) in [6.45, 7) is 1.14. The molecule has 1 aromatic rings. The average molecular weight is 345 g/mol. The van der Waals surface area contributed by atoms with E-state index in [1.54, 1.807) is 11.0 Å². The summed E-state index contributed by atoms with van der Waals surface area (Å²) in [6, 6.07) is 4.43. The predicted molar refractivity (Wildman–Crippen MR) is 85.2 cm³/mol. The van der Waals surface area contributed by atoms with Gasteiger partial charge in [0.2, 0.25) is 5.91 Å². The topological polar surface area (TPSA) is 83.6 Å². The van der Waals surface area contributed by atoms with Crippen LogP contribution in [0.5, 0.6) is 0 Å². The lowest BCUT2D eigenvalue weighted by Crippen LogP contribution is -2.42. The minimum absolute atomic E-state index is 0.169. The Kier molecular flexibility index (Phi) is 5.67. The number of carboxylic acid groups (broad SMARTS) is 1. The maximum atomic E-state index is 12.0. The fourth-order valence-electron chi connectivity index (χ4n) is 2.68. The van der Waals surface area contributed by atoms with Crippen molar-refractivity contribution in [3.05, 3.63) is 33.8 Å². The van der Waals surface area contributed by atoms with Crippen molar-refractivity contribution in [2.45, 2.75) is 31.2 Å². The van der Waals surface area contributed by atoms with Gasteiger partial charge in [0, 0.05) is 13.1 Å². The zero-order valence-electron chi connectivity index (χ0n) is 12.0. The molecule has 1 atom stereocenters. The molecule has 5 nitrogen and oxygen atoms in total. The van der Waals surface area contributed by atoms with Crippen LogP contribution in [0.3, 0.4) is 0 Å². The quantitative estimate of drug-likeness (QED) is 0.878. The molecule has 0 bridgehead atoms. The van der Waals surface area contributed by atoms with Crippen LogP contribution >= 0.6 is 23.2 Å². The summed E-state index contributed by atoms with van der Waals surface area (Å²) in [5.74, 6) is -1.12. The van der Waals surface area contributed by atoms with Crippen LogP contribution in [0.15, 0.2) is 18.2 Å². The van der Waals surface area contributed by atoms with Crippen molar-refractivity contribution in [1.29, 1.82) is 0 Å². The van der Waals surface area contributed by atoms with Gasteiger partial charge in [-0.2, -0.15) is 0 Å². The Balaban J connectivity index is 1.94. The van der Waals surface area contributed by atoms with Crippen molar-refractivity contribution in [1.82, 2.24) is 4.90 Å². The zero-order chi connectivity index (χ0) is 16.3. The Bertz CT molecular complexity index is 572. The summed E-state index contributed by atoms with van der Waals surface area (Å²) < 4.78 is 0. The molecule has 0 saturated carbocycles. The van der Waals surface area contributed by atoms with E-state index < -0.39 is 12.0 Å². The lowest BCUT2D eigenvalue weighted by atomic mass is 9.89. The number of nitrogens with zero attached hydrogens (tertiary/aromatic N) is 1. The second-order valence-corrected chi connectivity index (χ2v) is 6.23. The smallest absolute Gasteiger partial charge is 0.321 e. The molecular formula is C15H18Cl2N2O3. The molecule has 0 spiro atoms. The minimum atomic E-state index is -1.16. The van der Waals surface area contributed by atoms with E-state index in [1.807, 2.05) is 12.1 Å². The number of hydrogen-bond acceptors (Lipinski definition) is 3. The van der Waals surface area contributed by atoms with Crippen LogP contribution in [0.25, 0.3) is 0 Å². The molecular weight excluding hydrogens is 327 g/mol. The number of carbonyl (C=O) groups excluding carboxylic acids is 1. The number of aliphatic carboxylic acids is 1. The van der Waals surface area contributed by atoms with Crippen LogP contribution in [-0.2, 0) is 9.59 Å². The number of nitrogens with two attached hydrogens (primary N) is 1. The molecule has 1 aliphatic heterocycles. The van der Waals surface area contributed by atoms with Gasteiger partial charge < -0.3 is 15.7 Å². The van der Waals surface area contributed by atoms with Gasteiger partial charge in [0.1, 0.15) is 6.04 Å². The van der Waals surface area contributed by atoms with E-state index in [0.29, 0.717) is 23.1 Å². The SMILES string of the molecule is N[C@@H](CC(=O)N1CCC(c2cccc(Cl)c2Cl)CC1)C(=O)O. The first kappa shape index (κ1) is 17.1. The highest BCUT2D eigenvalue weighted by atomic mass is 35.5. The normalized spacial score (nSPS) is 17.3. The van der Waals surface area contributed by atoms with Crippen molar-refractivity contribution < 1.29 is 14.7 Å². The first-order chi connectivity index (χ1) is 10.4. The van der Waals surface area contributed by atoms with Crippen molar-refractivity contribution in [3.63, 3.8) is 0 Å². The van der Waals surface area contributed by atoms with Crippen molar-refractivity contribution in [2.75, 3.05) is 13.1 Å². The standard InChI is InChI=1S/C15H18Cl2N2O3/c16-11-3-1-2-10(14(11)17)9-4-6-19(7-5-9)13(20)8-12(18)15(21)22/h1-3,9,12H,4-8,18H2,(H,21,22)/t12-/m0/s1. The van der Waals surface area contributed by atoms with E-state index in [-0.39, 0.29) is 18.2 Å². The Morgan fingerprint density at radius 3 is 2.55 bits per heavy atom. The third-order valence-electron chi connectivity index (χ3n) is 3.98. The molecule has 2 rings (SSSR count). The fourth-order valence-corrected chi connectivity index (χ4v) is 3.14. The molecule has 1 heterocycles. The summed E-state index contributed by atoms with van der Waals surface area (Å²) in [5, 5.41) is 9.86. The Hall–Kier alpha value is -1.30. The van der Waals surface area contributed by atoms with Crippen molar-refractivity contribution in [2.24, 2.45) is 5.73 Å². The van der Waals surface area contributed by atoms with Gasteiger partial charge >= 0.3 is 5.97 Å². The number of amides is 1. The molecule has 1 saturated heterocycles. The van der Waals surface area contributed by atoms with Gasteiger partial charge in [-0.3, -0.25) is 9.59 Å². The molecule has 3 N–H and O–H groups in total. The molecule has 0 aliphatic carbocycles. The summed E-state index contributed by atoms with van der Waals surface area (Å²) in [4.78, 5) is 24.4. The maximum absolute atomic E-state index is 12.0. The number of hydrogen-bond donors (Lipinski definition) is 2.